The Morgan fingerprint density at radius 2 is 1.63 bits per heavy atom. The minimum atomic E-state index is -3.57. The minimum absolute atomic E-state index is 0.00633. The average Bonchev–Trinajstić information content (AvgIpc) is 3.86. The van der Waals surface area contributed by atoms with E-state index in [1.54, 1.807) is 20.8 Å². The van der Waals surface area contributed by atoms with Crippen molar-refractivity contribution in [1.29, 1.82) is 0 Å². The fourth-order valence-electron chi connectivity index (χ4n) is 7.84. The van der Waals surface area contributed by atoms with Gasteiger partial charge >= 0.3 is 6.03 Å². The fourth-order valence-corrected chi connectivity index (χ4v) is 9.36. The molecule has 4 N–H and O–H groups in total. The molecule has 5 atom stereocenters. The van der Waals surface area contributed by atoms with Gasteiger partial charge in [-0.1, -0.05) is 46.1 Å². The third kappa shape index (κ3) is 8.16. The smallest absolute Gasteiger partial charge is 0.315 e. The molecule has 0 aromatic carbocycles. The second kappa shape index (κ2) is 14.1. The van der Waals surface area contributed by atoms with Crippen LogP contribution >= 0.6 is 0 Å². The van der Waals surface area contributed by atoms with Gasteiger partial charge in [0.2, 0.25) is 17.6 Å². The van der Waals surface area contributed by atoms with Crippen LogP contribution in [-0.2, 0) is 29.0 Å². The Hall–Kier alpha value is -3.40. The van der Waals surface area contributed by atoms with Crippen LogP contribution in [0.2, 0.25) is 0 Å². The molecule has 272 valence electrons. The van der Waals surface area contributed by atoms with Crippen molar-refractivity contribution >= 4 is 39.4 Å². The van der Waals surface area contributed by atoms with E-state index in [0.29, 0.717) is 19.4 Å². The average molecular weight is 702 g/mol. The monoisotopic (exact) mass is 701 g/mol. The number of nitrogens with one attached hydrogen (secondary N) is 4. The minimum Gasteiger partial charge on any atom is -0.346 e. The number of ketones is 1. The van der Waals surface area contributed by atoms with Gasteiger partial charge in [0.15, 0.2) is 9.84 Å². The Morgan fingerprint density at radius 3 is 2.16 bits per heavy atom. The van der Waals surface area contributed by atoms with E-state index in [-0.39, 0.29) is 42.4 Å². The Balaban J connectivity index is 1.55. The molecule has 1 heterocycles. The van der Waals surface area contributed by atoms with Crippen LogP contribution in [0.15, 0.2) is 12.7 Å². The molecular weight excluding hydrogens is 646 g/mol. The lowest BCUT2D eigenvalue weighted by Gasteiger charge is -2.41. The van der Waals surface area contributed by atoms with Crippen LogP contribution < -0.4 is 21.3 Å². The summed E-state index contributed by atoms with van der Waals surface area (Å²) < 4.78 is 25.6. The molecule has 4 aliphatic rings. The topological polar surface area (TPSA) is 171 Å². The number of hydrogen-bond donors (Lipinski definition) is 4. The van der Waals surface area contributed by atoms with Crippen LogP contribution in [0.3, 0.4) is 0 Å². The zero-order chi connectivity index (χ0) is 36.6. The van der Waals surface area contributed by atoms with Gasteiger partial charge in [0.05, 0.1) is 22.1 Å². The second-order valence-electron chi connectivity index (χ2n) is 16.6. The van der Waals surface area contributed by atoms with Gasteiger partial charge in [-0.05, 0) is 75.5 Å². The maximum absolute atomic E-state index is 14.4. The molecule has 3 aliphatic carbocycles. The predicted molar refractivity (Wildman–Crippen MR) is 187 cm³/mol. The van der Waals surface area contributed by atoms with Gasteiger partial charge in [0.1, 0.15) is 12.1 Å². The largest absolute Gasteiger partial charge is 0.346 e. The number of rotatable bonds is 13. The Labute approximate surface area is 291 Å². The molecule has 1 aliphatic heterocycles. The van der Waals surface area contributed by atoms with Gasteiger partial charge in [0.25, 0.3) is 5.91 Å². The van der Waals surface area contributed by atoms with E-state index in [2.05, 4.69) is 33.8 Å². The number of likely N-dealkylation sites (tertiary alicyclic amines) is 1. The van der Waals surface area contributed by atoms with Crippen LogP contribution in [0.5, 0.6) is 0 Å². The molecule has 5 amide bonds. The lowest BCUT2D eigenvalue weighted by atomic mass is 9.83. The molecule has 0 aromatic heterocycles. The summed E-state index contributed by atoms with van der Waals surface area (Å²) in [5.41, 5.74) is -1.73. The molecule has 1 spiro atoms. The summed E-state index contributed by atoms with van der Waals surface area (Å²) in [5, 5.41) is 11.1. The van der Waals surface area contributed by atoms with Crippen molar-refractivity contribution in [2.24, 2.45) is 22.7 Å². The molecule has 4 unspecified atom stereocenters. The number of amides is 5. The van der Waals surface area contributed by atoms with Crippen LogP contribution in [-0.4, -0.2) is 90.1 Å². The molecule has 49 heavy (non-hydrogen) atoms. The Morgan fingerprint density at radius 1 is 1.00 bits per heavy atom. The number of sulfone groups is 1. The van der Waals surface area contributed by atoms with E-state index < -0.39 is 73.2 Å². The quantitative estimate of drug-likeness (QED) is 0.130. The van der Waals surface area contributed by atoms with Gasteiger partial charge in [-0.15, -0.1) is 18.9 Å². The number of piperidine rings is 1. The third-order valence-corrected chi connectivity index (χ3v) is 13.8. The maximum Gasteiger partial charge on any atom is 0.315 e. The molecule has 4 fully saturated rings. The number of urea groups is 1. The van der Waals surface area contributed by atoms with Crippen LogP contribution in [0.25, 0.3) is 0 Å². The molecule has 0 bridgehead atoms. The summed E-state index contributed by atoms with van der Waals surface area (Å²) in [4.78, 5) is 69.3. The number of hydrogen-bond acceptors (Lipinski definition) is 7. The zero-order valence-corrected chi connectivity index (χ0v) is 30.8. The summed E-state index contributed by atoms with van der Waals surface area (Å²) >= 11 is 0. The highest BCUT2D eigenvalue weighted by Crippen LogP contribution is 2.78. The maximum atomic E-state index is 14.4. The molecule has 13 heteroatoms. The highest BCUT2D eigenvalue weighted by Gasteiger charge is 2.79. The standard InChI is InChI=1S/C36H55N5O7S/c1-9-11-15-24(27(42)30(44)37-20-10-2)38-29(43)26-25-23(36(25)18-19-36)21-41(26)31(45)28(33(3,4)5)39-32(46)40-35(16-13-12-14-17-35)22-49(47,48)34(6,7)8/h1,10,23-26,28H,2,11-22H2,3-8H3,(H,37,44)(H,38,43)(H2,39,40,46)/t23?,24?,25?,26?,28-/m1/s1. The number of carbonyl (C=O) groups is 5. The summed E-state index contributed by atoms with van der Waals surface area (Å²) in [6.07, 6.45) is 12.5. The second-order valence-corrected chi connectivity index (χ2v) is 19.3. The SMILES string of the molecule is C#CCCC(NC(=O)C1C2C(CN1C(=O)[C@@H](NC(=O)NC1(CS(=O)(=O)C(C)(C)C)CCCCC1)C(C)(C)C)C21CC1)C(=O)C(=O)NCC=C. The van der Waals surface area contributed by atoms with E-state index >= 15 is 0 Å². The first-order valence-electron chi connectivity index (χ1n) is 17.5. The van der Waals surface area contributed by atoms with E-state index in [9.17, 15) is 32.4 Å². The first kappa shape index (κ1) is 38.4. The van der Waals surface area contributed by atoms with Gasteiger partial charge in [-0.25, -0.2) is 13.2 Å². The van der Waals surface area contributed by atoms with Crippen molar-refractivity contribution in [3.63, 3.8) is 0 Å². The van der Waals surface area contributed by atoms with Crippen LogP contribution in [0, 0.1) is 35.0 Å². The number of carbonyl (C=O) groups excluding carboxylic acids is 5. The van der Waals surface area contributed by atoms with Crippen molar-refractivity contribution in [2.45, 2.75) is 128 Å². The van der Waals surface area contributed by atoms with Crippen molar-refractivity contribution in [3.8, 4) is 12.3 Å². The molecule has 4 rings (SSSR count). The summed E-state index contributed by atoms with van der Waals surface area (Å²) in [6, 6.07) is -3.72. The molecular formula is C36H55N5O7S. The highest BCUT2D eigenvalue weighted by atomic mass is 32.2. The summed E-state index contributed by atoms with van der Waals surface area (Å²) in [5.74, 6) is -0.349. The molecule has 0 radical (unpaired) electrons. The first-order valence-corrected chi connectivity index (χ1v) is 19.2. The molecule has 1 saturated heterocycles. The van der Waals surface area contributed by atoms with Crippen molar-refractivity contribution in [1.82, 2.24) is 26.2 Å². The number of Topliss-reactive ketones (excluding diaryl/α,β-unsaturated/α-hetero) is 1. The summed E-state index contributed by atoms with van der Waals surface area (Å²) in [7, 11) is -3.57. The van der Waals surface area contributed by atoms with E-state index in [4.69, 9.17) is 6.42 Å². The van der Waals surface area contributed by atoms with Gasteiger partial charge in [-0.2, -0.15) is 0 Å². The van der Waals surface area contributed by atoms with Gasteiger partial charge < -0.3 is 26.2 Å². The first-order chi connectivity index (χ1) is 22.7. The van der Waals surface area contributed by atoms with Crippen molar-refractivity contribution in [3.05, 3.63) is 12.7 Å². The molecule has 3 saturated carbocycles. The van der Waals surface area contributed by atoms with Crippen molar-refractivity contribution in [2.75, 3.05) is 18.8 Å². The molecule has 12 nitrogen and oxygen atoms in total. The Kier molecular flexibility index (Phi) is 11.0. The van der Waals surface area contributed by atoms with Crippen molar-refractivity contribution < 1.29 is 32.4 Å². The van der Waals surface area contributed by atoms with E-state index in [1.165, 1.54) is 11.0 Å². The van der Waals surface area contributed by atoms with Crippen LogP contribution in [0.4, 0.5) is 4.79 Å². The fraction of sp³-hybridized carbons (Fsp3) is 0.750. The van der Waals surface area contributed by atoms with Crippen LogP contribution in [0.1, 0.15) is 99.3 Å². The number of terminal acetylenes is 1. The summed E-state index contributed by atoms with van der Waals surface area (Å²) in [6.45, 7) is 14.4. The lowest BCUT2D eigenvalue weighted by Crippen LogP contribution is -2.64. The zero-order valence-electron chi connectivity index (χ0n) is 29.9. The number of nitrogens with zero attached hydrogens (tertiary/aromatic N) is 1. The molecule has 0 aromatic rings. The lowest BCUT2D eigenvalue weighted by molar-refractivity contribution is -0.145. The predicted octanol–water partition coefficient (Wildman–Crippen LogP) is 2.62. The normalized spacial score (nSPS) is 24.8. The Bertz CT molecular complexity index is 1490. The third-order valence-electron chi connectivity index (χ3n) is 11.0. The number of fused-ring (bicyclic) bond motifs is 3. The van der Waals surface area contributed by atoms with Gasteiger partial charge in [0, 0.05) is 19.5 Å². The van der Waals surface area contributed by atoms with E-state index in [0.717, 1.165) is 32.1 Å². The highest BCUT2D eigenvalue weighted by molar-refractivity contribution is 7.92. The van der Waals surface area contributed by atoms with E-state index in [1.807, 2.05) is 20.8 Å². The van der Waals surface area contributed by atoms with Gasteiger partial charge in [-0.3, -0.25) is 19.2 Å².